The van der Waals surface area contributed by atoms with Crippen molar-refractivity contribution in [1.82, 2.24) is 5.32 Å². The quantitative estimate of drug-likeness (QED) is 0.870. The van der Waals surface area contributed by atoms with Crippen molar-refractivity contribution in [3.8, 4) is 6.07 Å². The number of aliphatic hydroxyl groups is 1. The van der Waals surface area contributed by atoms with E-state index >= 15 is 0 Å². The van der Waals surface area contributed by atoms with Crippen LogP contribution in [0.4, 0.5) is 0 Å². The predicted molar refractivity (Wildman–Crippen MR) is 73.6 cm³/mol. The third kappa shape index (κ3) is 4.72. The highest BCUT2D eigenvalue weighted by Gasteiger charge is 2.21. The molecule has 102 valence electrons. The lowest BCUT2D eigenvalue weighted by Crippen LogP contribution is -2.32. The Labute approximate surface area is 114 Å². The van der Waals surface area contributed by atoms with Gasteiger partial charge in [0.2, 0.25) is 0 Å². The average molecular weight is 260 g/mol. The zero-order valence-corrected chi connectivity index (χ0v) is 11.6. The maximum atomic E-state index is 11.8. The zero-order chi connectivity index (χ0) is 14.5. The van der Waals surface area contributed by atoms with Crippen LogP contribution in [-0.2, 0) is 0 Å². The van der Waals surface area contributed by atoms with Gasteiger partial charge in [-0.25, -0.2) is 0 Å². The fourth-order valence-corrected chi connectivity index (χ4v) is 1.59. The highest BCUT2D eigenvalue weighted by molar-refractivity contribution is 5.94. The molecule has 4 nitrogen and oxygen atoms in total. The molecule has 1 aromatic rings. The van der Waals surface area contributed by atoms with Crippen molar-refractivity contribution in [3.63, 3.8) is 0 Å². The Bertz CT molecular complexity index is 484. The number of benzene rings is 1. The van der Waals surface area contributed by atoms with Crippen LogP contribution in [0.5, 0.6) is 0 Å². The maximum Gasteiger partial charge on any atom is 0.251 e. The summed E-state index contributed by atoms with van der Waals surface area (Å²) in [7, 11) is 0. The molecule has 1 aromatic carbocycles. The zero-order valence-electron chi connectivity index (χ0n) is 11.6. The molecule has 2 N–H and O–H groups in total. The molecule has 0 radical (unpaired) electrons. The third-order valence-electron chi connectivity index (χ3n) is 2.96. The molecule has 0 aromatic heterocycles. The topological polar surface area (TPSA) is 73.1 Å². The summed E-state index contributed by atoms with van der Waals surface area (Å²) in [6, 6.07) is 8.54. The first-order valence-corrected chi connectivity index (χ1v) is 6.31. The van der Waals surface area contributed by atoms with Crippen LogP contribution in [0.15, 0.2) is 24.3 Å². The molecule has 0 fully saturated rings. The van der Waals surface area contributed by atoms with Crippen LogP contribution in [0.3, 0.4) is 0 Å². The summed E-state index contributed by atoms with van der Waals surface area (Å²) in [5, 5.41) is 21.4. The van der Waals surface area contributed by atoms with Gasteiger partial charge in [0.15, 0.2) is 0 Å². The number of hydrogen-bond acceptors (Lipinski definition) is 3. The van der Waals surface area contributed by atoms with Gasteiger partial charge in [-0.1, -0.05) is 26.8 Å². The van der Waals surface area contributed by atoms with E-state index in [-0.39, 0.29) is 11.3 Å². The first kappa shape index (κ1) is 15.2. The van der Waals surface area contributed by atoms with Gasteiger partial charge in [-0.05, 0) is 30.0 Å². The largest absolute Gasteiger partial charge is 0.393 e. The van der Waals surface area contributed by atoms with Crippen LogP contribution in [0.1, 0.15) is 43.1 Å². The highest BCUT2D eigenvalue weighted by Crippen LogP contribution is 2.20. The molecule has 1 amide bonds. The normalized spacial score (nSPS) is 12.6. The van der Waals surface area contributed by atoms with Gasteiger partial charge in [0.25, 0.3) is 5.91 Å². The lowest BCUT2D eigenvalue weighted by molar-refractivity contribution is 0.0551. The van der Waals surface area contributed by atoms with Gasteiger partial charge in [-0.15, -0.1) is 0 Å². The molecule has 0 spiro atoms. The van der Waals surface area contributed by atoms with Crippen molar-refractivity contribution >= 4 is 5.91 Å². The summed E-state index contributed by atoms with van der Waals surface area (Å²) in [6.07, 6.45) is 0.0472. The fourth-order valence-electron chi connectivity index (χ4n) is 1.59. The van der Waals surface area contributed by atoms with E-state index in [0.717, 1.165) is 0 Å². The number of rotatable bonds is 4. The van der Waals surface area contributed by atoms with Crippen molar-refractivity contribution in [3.05, 3.63) is 35.4 Å². The Kier molecular flexibility index (Phi) is 5.08. The molecule has 0 heterocycles. The Morgan fingerprint density at radius 3 is 2.74 bits per heavy atom. The lowest BCUT2D eigenvalue weighted by atomic mass is 9.87. The minimum atomic E-state index is -0.460. The van der Waals surface area contributed by atoms with Crippen molar-refractivity contribution < 1.29 is 9.90 Å². The second-order valence-corrected chi connectivity index (χ2v) is 5.62. The summed E-state index contributed by atoms with van der Waals surface area (Å²) in [4.78, 5) is 11.8. The van der Waals surface area contributed by atoms with Crippen molar-refractivity contribution in [1.29, 1.82) is 5.26 Å². The lowest BCUT2D eigenvalue weighted by Gasteiger charge is -2.25. The summed E-state index contributed by atoms with van der Waals surface area (Å²) < 4.78 is 0. The van der Waals surface area contributed by atoms with E-state index in [1.165, 1.54) is 0 Å². The number of amides is 1. The molecule has 4 heteroatoms. The molecule has 1 atom stereocenters. The molecule has 1 rings (SSSR count). The van der Waals surface area contributed by atoms with Gasteiger partial charge in [0, 0.05) is 12.1 Å². The monoisotopic (exact) mass is 260 g/mol. The van der Waals surface area contributed by atoms with Gasteiger partial charge in [-0.3, -0.25) is 4.79 Å². The molecule has 0 saturated heterocycles. The van der Waals surface area contributed by atoms with E-state index in [1.54, 1.807) is 24.3 Å². The fraction of sp³-hybridized carbons (Fsp3) is 0.467. The minimum absolute atomic E-state index is 0.189. The number of nitrogens with zero attached hydrogens (tertiary/aromatic N) is 1. The standard InChI is InChI=1S/C15H20N2O2/c1-15(2,3)13(18)7-8-17-14(19)12-6-4-5-11(9-12)10-16/h4-6,9,13,18H,7-8H2,1-3H3,(H,17,19)/t13-/m0/s1. The minimum Gasteiger partial charge on any atom is -0.393 e. The van der Waals surface area contributed by atoms with Crippen LogP contribution < -0.4 is 5.32 Å². The molecule has 0 bridgehead atoms. The van der Waals surface area contributed by atoms with Gasteiger partial charge in [0.1, 0.15) is 0 Å². The van der Waals surface area contributed by atoms with E-state index in [1.807, 2.05) is 26.8 Å². The maximum absolute atomic E-state index is 11.8. The number of aliphatic hydroxyl groups excluding tert-OH is 1. The van der Waals surface area contributed by atoms with Crippen molar-refractivity contribution in [2.24, 2.45) is 5.41 Å². The molecule has 0 aliphatic carbocycles. The van der Waals surface area contributed by atoms with E-state index in [2.05, 4.69) is 5.32 Å². The Morgan fingerprint density at radius 2 is 2.16 bits per heavy atom. The van der Waals surface area contributed by atoms with E-state index in [9.17, 15) is 9.90 Å². The van der Waals surface area contributed by atoms with E-state index in [0.29, 0.717) is 24.1 Å². The second kappa shape index (κ2) is 6.35. The first-order valence-electron chi connectivity index (χ1n) is 6.31. The number of carbonyl (C=O) groups excluding carboxylic acids is 1. The summed E-state index contributed by atoms with van der Waals surface area (Å²) in [6.45, 7) is 6.27. The summed E-state index contributed by atoms with van der Waals surface area (Å²) in [5.41, 5.74) is 0.734. The summed E-state index contributed by atoms with van der Waals surface area (Å²) >= 11 is 0. The first-order chi connectivity index (χ1) is 8.84. The molecule has 0 aliphatic heterocycles. The van der Waals surface area contributed by atoms with Crippen LogP contribution >= 0.6 is 0 Å². The third-order valence-corrected chi connectivity index (χ3v) is 2.96. The van der Waals surface area contributed by atoms with Crippen LogP contribution in [0, 0.1) is 16.7 Å². The van der Waals surface area contributed by atoms with Gasteiger partial charge in [-0.2, -0.15) is 5.26 Å². The number of nitrogens with one attached hydrogen (secondary N) is 1. The molecule has 19 heavy (non-hydrogen) atoms. The second-order valence-electron chi connectivity index (χ2n) is 5.62. The number of nitriles is 1. The Balaban J connectivity index is 2.50. The Morgan fingerprint density at radius 1 is 1.47 bits per heavy atom. The number of carbonyl (C=O) groups is 1. The smallest absolute Gasteiger partial charge is 0.251 e. The van der Waals surface area contributed by atoms with Crippen LogP contribution in [0.2, 0.25) is 0 Å². The van der Waals surface area contributed by atoms with E-state index < -0.39 is 6.10 Å². The summed E-state index contributed by atoms with van der Waals surface area (Å²) in [5.74, 6) is -0.224. The van der Waals surface area contributed by atoms with Gasteiger partial charge < -0.3 is 10.4 Å². The SMILES string of the molecule is CC(C)(C)[C@@H](O)CCNC(=O)c1cccc(C#N)c1. The molecular weight excluding hydrogens is 240 g/mol. The predicted octanol–water partition coefficient (Wildman–Crippen LogP) is 2.09. The Hall–Kier alpha value is -1.86. The van der Waals surface area contributed by atoms with Crippen molar-refractivity contribution in [2.75, 3.05) is 6.54 Å². The van der Waals surface area contributed by atoms with Crippen LogP contribution in [-0.4, -0.2) is 23.7 Å². The van der Waals surface area contributed by atoms with Gasteiger partial charge >= 0.3 is 0 Å². The molecule has 0 unspecified atom stereocenters. The number of hydrogen-bond donors (Lipinski definition) is 2. The van der Waals surface area contributed by atoms with Crippen molar-refractivity contribution in [2.45, 2.75) is 33.3 Å². The molecule has 0 aliphatic rings. The highest BCUT2D eigenvalue weighted by atomic mass is 16.3. The van der Waals surface area contributed by atoms with E-state index in [4.69, 9.17) is 5.26 Å². The molecular formula is C15H20N2O2. The van der Waals surface area contributed by atoms with Crippen LogP contribution in [0.25, 0.3) is 0 Å². The average Bonchev–Trinajstić information content (AvgIpc) is 2.37. The van der Waals surface area contributed by atoms with Gasteiger partial charge in [0.05, 0.1) is 17.7 Å². The molecule has 0 saturated carbocycles.